The van der Waals surface area contributed by atoms with Crippen LogP contribution in [0.4, 0.5) is 0 Å². The number of piperidine rings is 1. The average molecular weight is 273 g/mol. The van der Waals surface area contributed by atoms with E-state index in [0.29, 0.717) is 18.4 Å². The summed E-state index contributed by atoms with van der Waals surface area (Å²) in [6, 6.07) is 9.41. The number of hydrogen-bond acceptors (Lipinski definition) is 2. The van der Waals surface area contributed by atoms with Gasteiger partial charge in [0.15, 0.2) is 0 Å². The van der Waals surface area contributed by atoms with Gasteiger partial charge < -0.3 is 5.11 Å². The monoisotopic (exact) mass is 273 g/mol. The van der Waals surface area contributed by atoms with Gasteiger partial charge in [0.1, 0.15) is 0 Å². The maximum atomic E-state index is 10.7. The zero-order chi connectivity index (χ0) is 13.9. The lowest BCUT2D eigenvalue weighted by molar-refractivity contribution is -0.137. The van der Waals surface area contributed by atoms with E-state index in [9.17, 15) is 4.79 Å². The first kappa shape index (κ1) is 13.6. The van der Waals surface area contributed by atoms with E-state index in [1.54, 1.807) is 0 Å². The average Bonchev–Trinajstić information content (AvgIpc) is 2.89. The molecule has 2 aliphatic rings. The Balaban J connectivity index is 1.57. The van der Waals surface area contributed by atoms with Crippen LogP contribution in [-0.2, 0) is 17.6 Å². The maximum Gasteiger partial charge on any atom is 0.303 e. The normalized spacial score (nSPS) is 23.7. The predicted molar refractivity (Wildman–Crippen MR) is 78.8 cm³/mol. The topological polar surface area (TPSA) is 40.5 Å². The van der Waals surface area contributed by atoms with E-state index in [4.69, 9.17) is 5.11 Å². The third-order valence-corrected chi connectivity index (χ3v) is 4.86. The summed E-state index contributed by atoms with van der Waals surface area (Å²) in [5, 5.41) is 8.83. The van der Waals surface area contributed by atoms with Gasteiger partial charge in [-0.25, -0.2) is 0 Å². The third-order valence-electron chi connectivity index (χ3n) is 4.86. The van der Waals surface area contributed by atoms with Crippen LogP contribution < -0.4 is 0 Å². The maximum absolute atomic E-state index is 10.7. The molecular formula is C17H23NO2. The summed E-state index contributed by atoms with van der Waals surface area (Å²) in [7, 11) is 0. The van der Waals surface area contributed by atoms with Crippen molar-refractivity contribution >= 4 is 5.97 Å². The highest BCUT2D eigenvalue weighted by Crippen LogP contribution is 2.29. The number of carbonyl (C=O) groups is 1. The van der Waals surface area contributed by atoms with Crippen LogP contribution in [0.5, 0.6) is 0 Å². The van der Waals surface area contributed by atoms with Crippen molar-refractivity contribution in [3.05, 3.63) is 35.4 Å². The highest BCUT2D eigenvalue weighted by molar-refractivity contribution is 5.66. The summed E-state index contributed by atoms with van der Waals surface area (Å²) >= 11 is 0. The molecule has 20 heavy (non-hydrogen) atoms. The fourth-order valence-electron chi connectivity index (χ4n) is 3.79. The van der Waals surface area contributed by atoms with Gasteiger partial charge in [0.2, 0.25) is 0 Å². The minimum atomic E-state index is -0.657. The Morgan fingerprint density at radius 1 is 1.25 bits per heavy atom. The van der Waals surface area contributed by atoms with E-state index in [-0.39, 0.29) is 0 Å². The lowest BCUT2D eigenvalue weighted by Crippen LogP contribution is -2.43. The van der Waals surface area contributed by atoms with Crippen molar-refractivity contribution in [2.75, 3.05) is 13.1 Å². The van der Waals surface area contributed by atoms with Crippen LogP contribution >= 0.6 is 0 Å². The van der Waals surface area contributed by atoms with Gasteiger partial charge in [0.05, 0.1) is 0 Å². The molecule has 1 aromatic carbocycles. The van der Waals surface area contributed by atoms with Crippen LogP contribution in [0, 0.1) is 5.92 Å². The molecule has 0 saturated carbocycles. The molecule has 3 rings (SSSR count). The van der Waals surface area contributed by atoms with Crippen molar-refractivity contribution in [3.8, 4) is 0 Å². The lowest BCUT2D eigenvalue weighted by atomic mass is 9.92. The summed E-state index contributed by atoms with van der Waals surface area (Å²) in [6.45, 7) is 2.27. The van der Waals surface area contributed by atoms with Gasteiger partial charge in [0.25, 0.3) is 0 Å². The Bertz CT molecular complexity index is 461. The lowest BCUT2D eigenvalue weighted by Gasteiger charge is -2.36. The molecule has 1 aromatic rings. The zero-order valence-corrected chi connectivity index (χ0v) is 11.9. The first-order valence-electron chi connectivity index (χ1n) is 7.75. The Hall–Kier alpha value is -1.35. The van der Waals surface area contributed by atoms with Gasteiger partial charge in [-0.05, 0) is 55.7 Å². The van der Waals surface area contributed by atoms with Gasteiger partial charge in [-0.15, -0.1) is 0 Å². The molecule has 3 nitrogen and oxygen atoms in total. The van der Waals surface area contributed by atoms with Crippen LogP contribution in [0.3, 0.4) is 0 Å². The molecule has 1 saturated heterocycles. The van der Waals surface area contributed by atoms with E-state index in [1.165, 1.54) is 43.4 Å². The van der Waals surface area contributed by atoms with Crippen molar-refractivity contribution in [1.29, 1.82) is 0 Å². The van der Waals surface area contributed by atoms with Crippen LogP contribution in [-0.4, -0.2) is 35.1 Å². The second kappa shape index (κ2) is 5.96. The SMILES string of the molecule is O=C(O)CCC1CCCN(C2Cc3ccccc3C2)C1. The van der Waals surface area contributed by atoms with Crippen LogP contribution in [0.25, 0.3) is 0 Å². The summed E-state index contributed by atoms with van der Waals surface area (Å²) in [6.07, 6.45) is 5.92. The fraction of sp³-hybridized carbons (Fsp3) is 0.588. The Morgan fingerprint density at radius 2 is 1.95 bits per heavy atom. The highest BCUT2D eigenvalue weighted by Gasteiger charge is 2.30. The standard InChI is InChI=1S/C17H23NO2/c19-17(20)8-7-13-4-3-9-18(12-13)16-10-14-5-1-2-6-15(14)11-16/h1-2,5-6,13,16H,3-4,7-12H2,(H,19,20). The molecule has 0 spiro atoms. The highest BCUT2D eigenvalue weighted by atomic mass is 16.4. The molecule has 1 atom stereocenters. The van der Waals surface area contributed by atoms with Crippen LogP contribution in [0.1, 0.15) is 36.8 Å². The minimum absolute atomic E-state index is 0.323. The Labute approximate surface area is 120 Å². The van der Waals surface area contributed by atoms with Gasteiger partial charge in [-0.3, -0.25) is 9.69 Å². The Morgan fingerprint density at radius 3 is 2.60 bits per heavy atom. The summed E-state index contributed by atoms with van der Waals surface area (Å²) in [4.78, 5) is 13.3. The molecule has 1 heterocycles. The molecule has 0 aromatic heterocycles. The fourth-order valence-corrected chi connectivity index (χ4v) is 3.79. The van der Waals surface area contributed by atoms with Gasteiger partial charge in [-0.1, -0.05) is 24.3 Å². The number of hydrogen-bond donors (Lipinski definition) is 1. The third kappa shape index (κ3) is 3.04. The second-order valence-electron chi connectivity index (χ2n) is 6.27. The molecule has 1 aliphatic carbocycles. The number of nitrogens with zero attached hydrogens (tertiary/aromatic N) is 1. The quantitative estimate of drug-likeness (QED) is 0.917. The molecular weight excluding hydrogens is 250 g/mol. The molecule has 1 unspecified atom stereocenters. The zero-order valence-electron chi connectivity index (χ0n) is 11.9. The van der Waals surface area contributed by atoms with Crippen LogP contribution in [0.15, 0.2) is 24.3 Å². The number of rotatable bonds is 4. The number of carboxylic acid groups (broad SMARTS) is 1. The van der Waals surface area contributed by atoms with Crippen molar-refractivity contribution in [2.45, 2.75) is 44.6 Å². The number of fused-ring (bicyclic) bond motifs is 1. The van der Waals surface area contributed by atoms with Gasteiger partial charge in [0, 0.05) is 19.0 Å². The summed E-state index contributed by atoms with van der Waals surface area (Å²) < 4.78 is 0. The second-order valence-corrected chi connectivity index (χ2v) is 6.27. The Kier molecular flexibility index (Phi) is 4.06. The van der Waals surface area contributed by atoms with E-state index < -0.39 is 5.97 Å². The predicted octanol–water partition coefficient (Wildman–Crippen LogP) is 2.73. The molecule has 0 radical (unpaired) electrons. The largest absolute Gasteiger partial charge is 0.481 e. The molecule has 1 N–H and O–H groups in total. The smallest absolute Gasteiger partial charge is 0.303 e. The van der Waals surface area contributed by atoms with Gasteiger partial charge >= 0.3 is 5.97 Å². The molecule has 3 heteroatoms. The van der Waals surface area contributed by atoms with Crippen molar-refractivity contribution in [3.63, 3.8) is 0 Å². The van der Waals surface area contributed by atoms with Crippen molar-refractivity contribution < 1.29 is 9.90 Å². The number of aliphatic carboxylic acids is 1. The first-order chi connectivity index (χ1) is 9.72. The number of carboxylic acids is 1. The van der Waals surface area contributed by atoms with Crippen molar-refractivity contribution in [2.24, 2.45) is 5.92 Å². The molecule has 0 amide bonds. The van der Waals surface area contributed by atoms with E-state index in [1.807, 2.05) is 0 Å². The molecule has 0 bridgehead atoms. The van der Waals surface area contributed by atoms with Crippen molar-refractivity contribution in [1.82, 2.24) is 4.90 Å². The van der Waals surface area contributed by atoms with E-state index >= 15 is 0 Å². The van der Waals surface area contributed by atoms with Gasteiger partial charge in [-0.2, -0.15) is 0 Å². The number of benzene rings is 1. The summed E-state index contributed by atoms with van der Waals surface area (Å²) in [5.41, 5.74) is 3.01. The first-order valence-corrected chi connectivity index (χ1v) is 7.75. The van der Waals surface area contributed by atoms with Crippen LogP contribution in [0.2, 0.25) is 0 Å². The molecule has 108 valence electrons. The minimum Gasteiger partial charge on any atom is -0.481 e. The van der Waals surface area contributed by atoms with E-state index in [0.717, 1.165) is 13.0 Å². The number of likely N-dealkylation sites (tertiary alicyclic amines) is 1. The van der Waals surface area contributed by atoms with E-state index in [2.05, 4.69) is 29.2 Å². The molecule has 1 fully saturated rings. The molecule has 1 aliphatic heterocycles. The summed E-state index contributed by atoms with van der Waals surface area (Å²) in [5.74, 6) is -0.0843.